The van der Waals surface area contributed by atoms with Gasteiger partial charge in [0.1, 0.15) is 5.78 Å². The third-order valence-electron chi connectivity index (χ3n) is 2.10. The van der Waals surface area contributed by atoms with Gasteiger partial charge < -0.3 is 0 Å². The topological polar surface area (TPSA) is 17.1 Å². The highest BCUT2D eigenvalue weighted by Crippen LogP contribution is 2.40. The first kappa shape index (κ1) is 3.21. The lowest BCUT2D eigenvalue weighted by atomic mass is 9.85. The molecule has 0 aromatic heterocycles. The van der Waals surface area contributed by atoms with Crippen molar-refractivity contribution < 1.29 is 10.3 Å². The number of hydrogen-bond donors (Lipinski definition) is 0. The van der Waals surface area contributed by atoms with E-state index in [1.54, 1.807) is 0 Å². The van der Waals surface area contributed by atoms with Gasteiger partial charge >= 0.3 is 0 Å². The van der Waals surface area contributed by atoms with Crippen LogP contribution in [0.2, 0.25) is 0 Å². The van der Waals surface area contributed by atoms with Crippen LogP contribution in [0.25, 0.3) is 0 Å². The van der Waals surface area contributed by atoms with Gasteiger partial charge in [0.05, 0.1) is 0 Å². The average Bonchev–Trinajstić information content (AvgIpc) is 2.16. The average molecular weight is 140 g/mol. The fourth-order valence-electron chi connectivity index (χ4n) is 1.55. The summed E-state index contributed by atoms with van der Waals surface area (Å²) in [7, 11) is 0. The summed E-state index contributed by atoms with van der Waals surface area (Å²) in [6.45, 7) is 3.74. The standard InChI is InChI=1S/C9H12O/c1-6-4-7-2-3-8(5-6)9(7)10/h7-8H,1-5H2/t7-,8+/i2D2,3D2. The largest absolute Gasteiger partial charge is 0.299 e. The molecule has 0 radical (unpaired) electrons. The van der Waals surface area contributed by atoms with E-state index in [1.807, 2.05) is 0 Å². The summed E-state index contributed by atoms with van der Waals surface area (Å²) in [4.78, 5) is 11.6. The number of allylic oxidation sites excluding steroid dienone is 1. The third-order valence-corrected chi connectivity index (χ3v) is 2.10. The molecule has 54 valence electrons. The molecule has 0 aromatic rings. The minimum atomic E-state index is -2.03. The van der Waals surface area contributed by atoms with E-state index in [4.69, 9.17) is 5.48 Å². The van der Waals surface area contributed by atoms with Crippen LogP contribution in [-0.2, 0) is 4.79 Å². The first-order valence-corrected chi connectivity index (χ1v) is 3.49. The SMILES string of the molecule is [2H]C1([2H])[C@@H]2CC(=C)C[C@@H](C2=O)C1([2H])[2H]. The Morgan fingerprint density at radius 1 is 1.40 bits per heavy atom. The number of hydrogen-bond acceptors (Lipinski definition) is 1. The summed E-state index contributed by atoms with van der Waals surface area (Å²) >= 11 is 0. The first-order valence-electron chi connectivity index (χ1n) is 5.49. The van der Waals surface area contributed by atoms with E-state index < -0.39 is 24.6 Å². The molecule has 10 heavy (non-hydrogen) atoms. The second-order valence-electron chi connectivity index (χ2n) is 2.95. The minimum absolute atomic E-state index is 0.257. The fraction of sp³-hybridized carbons (Fsp3) is 0.667. The molecule has 0 spiro atoms. The van der Waals surface area contributed by atoms with Crippen LogP contribution >= 0.6 is 0 Å². The zero-order valence-electron chi connectivity index (χ0n) is 9.68. The molecule has 2 aliphatic rings. The molecule has 0 aromatic carbocycles. The summed E-state index contributed by atoms with van der Waals surface area (Å²) < 4.78 is 30.7. The lowest BCUT2D eigenvalue weighted by Crippen LogP contribution is -2.20. The smallest absolute Gasteiger partial charge is 0.139 e. The van der Waals surface area contributed by atoms with Gasteiger partial charge in [-0.15, -0.1) is 0 Å². The number of ketones is 1. The zero-order chi connectivity index (χ0) is 10.7. The summed E-state index contributed by atoms with van der Waals surface area (Å²) in [5.41, 5.74) is 0.796. The number of fused-ring (bicyclic) bond motifs is 2. The van der Waals surface area contributed by atoms with Gasteiger partial charge in [-0.05, 0) is 25.6 Å². The molecule has 0 saturated heterocycles. The van der Waals surface area contributed by atoms with E-state index in [9.17, 15) is 4.79 Å². The van der Waals surface area contributed by atoms with Gasteiger partial charge in [0.25, 0.3) is 0 Å². The quantitative estimate of drug-likeness (QED) is 0.470. The highest BCUT2D eigenvalue weighted by Gasteiger charge is 2.38. The Morgan fingerprint density at radius 2 is 1.90 bits per heavy atom. The molecule has 2 saturated carbocycles. The zero-order valence-corrected chi connectivity index (χ0v) is 5.68. The predicted molar refractivity (Wildman–Crippen MR) is 39.6 cm³/mol. The monoisotopic (exact) mass is 140 g/mol. The van der Waals surface area contributed by atoms with Gasteiger partial charge in [0.2, 0.25) is 0 Å². The lowest BCUT2D eigenvalue weighted by Gasteiger charge is -2.18. The summed E-state index contributed by atoms with van der Waals surface area (Å²) in [5.74, 6) is -1.89. The Kier molecular flexibility index (Phi) is 0.623. The molecule has 2 fully saturated rings. The second kappa shape index (κ2) is 1.94. The molecule has 0 unspecified atom stereocenters. The van der Waals surface area contributed by atoms with Crippen LogP contribution in [0.1, 0.15) is 31.1 Å². The van der Waals surface area contributed by atoms with E-state index in [1.165, 1.54) is 0 Å². The van der Waals surface area contributed by atoms with Crippen molar-refractivity contribution in [2.75, 3.05) is 0 Å². The maximum atomic E-state index is 11.6. The molecule has 1 nitrogen and oxygen atoms in total. The van der Waals surface area contributed by atoms with E-state index in [0.717, 1.165) is 5.57 Å². The van der Waals surface area contributed by atoms with Crippen LogP contribution in [0.5, 0.6) is 0 Å². The van der Waals surface area contributed by atoms with Gasteiger partial charge in [-0.1, -0.05) is 12.2 Å². The highest BCUT2D eigenvalue weighted by atomic mass is 16.1. The lowest BCUT2D eigenvalue weighted by molar-refractivity contribution is -0.124. The van der Waals surface area contributed by atoms with Gasteiger partial charge in [-0.25, -0.2) is 0 Å². The van der Waals surface area contributed by atoms with Crippen molar-refractivity contribution in [3.63, 3.8) is 0 Å². The third kappa shape index (κ3) is 0.731. The molecule has 0 amide bonds. The Hall–Kier alpha value is -0.590. The molecule has 0 heterocycles. The second-order valence-corrected chi connectivity index (χ2v) is 2.95. The summed E-state index contributed by atoms with van der Waals surface area (Å²) in [6.07, 6.45) is -3.45. The van der Waals surface area contributed by atoms with Crippen molar-refractivity contribution in [2.24, 2.45) is 11.8 Å². The van der Waals surface area contributed by atoms with E-state index >= 15 is 0 Å². The van der Waals surface area contributed by atoms with Gasteiger partial charge in [0, 0.05) is 17.3 Å². The van der Waals surface area contributed by atoms with Crippen molar-refractivity contribution in [2.45, 2.75) is 25.6 Å². The van der Waals surface area contributed by atoms with E-state index in [2.05, 4.69) is 6.58 Å². The van der Waals surface area contributed by atoms with Gasteiger partial charge in [0.15, 0.2) is 0 Å². The van der Waals surface area contributed by atoms with Crippen LogP contribution in [0.15, 0.2) is 12.2 Å². The van der Waals surface area contributed by atoms with Gasteiger partial charge in [-0.3, -0.25) is 4.79 Å². The van der Waals surface area contributed by atoms with E-state index in [-0.39, 0.29) is 5.78 Å². The van der Waals surface area contributed by atoms with Crippen molar-refractivity contribution in [1.29, 1.82) is 0 Å². The molecule has 2 atom stereocenters. The van der Waals surface area contributed by atoms with Crippen molar-refractivity contribution in [3.8, 4) is 0 Å². The predicted octanol–water partition coefficient (Wildman–Crippen LogP) is 1.93. The van der Waals surface area contributed by atoms with Crippen LogP contribution in [0.4, 0.5) is 0 Å². The highest BCUT2D eigenvalue weighted by molar-refractivity contribution is 5.87. The van der Waals surface area contributed by atoms with Gasteiger partial charge in [-0.2, -0.15) is 0 Å². The molecular weight excluding hydrogens is 124 g/mol. The molecular formula is C9H12O. The van der Waals surface area contributed by atoms with Crippen LogP contribution in [0.3, 0.4) is 0 Å². The number of carbonyl (C=O) groups excluding carboxylic acids is 1. The normalized spacial score (nSPS) is 54.8. The van der Waals surface area contributed by atoms with Crippen molar-refractivity contribution >= 4 is 5.78 Å². The van der Waals surface area contributed by atoms with Crippen LogP contribution < -0.4 is 0 Å². The summed E-state index contributed by atoms with van der Waals surface area (Å²) in [5, 5.41) is 0. The number of rotatable bonds is 0. The molecule has 2 rings (SSSR count). The fourth-order valence-corrected chi connectivity index (χ4v) is 1.55. The Balaban J connectivity index is 2.51. The minimum Gasteiger partial charge on any atom is -0.299 e. The number of Topliss-reactive ketones (excluding diaryl/α,β-unsaturated/α-hetero) is 1. The van der Waals surface area contributed by atoms with Crippen molar-refractivity contribution in [3.05, 3.63) is 12.2 Å². The first-order chi connectivity index (χ1) is 6.28. The number of carbonyl (C=O) groups is 1. The Bertz CT molecular complexity index is 293. The maximum absolute atomic E-state index is 11.6. The Morgan fingerprint density at radius 3 is 2.40 bits per heavy atom. The van der Waals surface area contributed by atoms with Crippen LogP contribution in [0, 0.1) is 11.8 Å². The molecule has 0 N–H and O–H groups in total. The Labute approximate surface area is 66.7 Å². The maximum Gasteiger partial charge on any atom is 0.139 e. The summed E-state index contributed by atoms with van der Waals surface area (Å²) in [6, 6.07) is 0. The van der Waals surface area contributed by atoms with Crippen molar-refractivity contribution in [1.82, 2.24) is 0 Å². The molecule has 2 aliphatic carbocycles. The molecule has 1 heteroatoms. The van der Waals surface area contributed by atoms with E-state index in [0.29, 0.717) is 12.8 Å². The molecule has 2 bridgehead atoms. The van der Waals surface area contributed by atoms with Crippen LogP contribution in [-0.4, -0.2) is 5.78 Å². The molecule has 0 aliphatic heterocycles.